The van der Waals surface area contributed by atoms with E-state index in [0.29, 0.717) is 30.5 Å². The highest BCUT2D eigenvalue weighted by Gasteiger charge is 2.12. The number of carbonyl (C=O) groups is 3. The van der Waals surface area contributed by atoms with Gasteiger partial charge in [-0.3, -0.25) is 14.9 Å². The lowest BCUT2D eigenvalue weighted by Gasteiger charge is -2.08. The predicted octanol–water partition coefficient (Wildman–Crippen LogP) is 3.80. The number of methoxy groups -OCH3 is 1. The first-order valence-electron chi connectivity index (χ1n) is 9.94. The average molecular weight is 416 g/mol. The summed E-state index contributed by atoms with van der Waals surface area (Å²) in [6.45, 7) is 0.387. The Morgan fingerprint density at radius 3 is 2.06 bits per heavy atom. The van der Waals surface area contributed by atoms with E-state index in [4.69, 9.17) is 4.74 Å². The Morgan fingerprint density at radius 1 is 0.774 bits per heavy atom. The summed E-state index contributed by atoms with van der Waals surface area (Å²) in [6, 6.07) is 22.7. The van der Waals surface area contributed by atoms with Gasteiger partial charge in [0.25, 0.3) is 5.91 Å². The molecular weight excluding hydrogens is 392 g/mol. The maximum atomic E-state index is 12.4. The molecule has 0 aliphatic rings. The zero-order valence-electron chi connectivity index (χ0n) is 17.3. The summed E-state index contributed by atoms with van der Waals surface area (Å²) in [5.41, 5.74) is 2.80. The molecule has 0 heterocycles. The summed E-state index contributed by atoms with van der Waals surface area (Å²) in [5.74, 6) is 0.214. The van der Waals surface area contributed by atoms with Gasteiger partial charge in [0.15, 0.2) is 5.78 Å². The van der Waals surface area contributed by atoms with Crippen LogP contribution in [0.5, 0.6) is 5.75 Å². The Kier molecular flexibility index (Phi) is 7.54. The first kappa shape index (κ1) is 21.8. The van der Waals surface area contributed by atoms with E-state index < -0.39 is 11.9 Å². The Morgan fingerprint density at radius 2 is 1.42 bits per heavy atom. The van der Waals surface area contributed by atoms with Crippen molar-refractivity contribution in [2.24, 2.45) is 0 Å². The summed E-state index contributed by atoms with van der Waals surface area (Å²) < 4.78 is 5.11. The van der Waals surface area contributed by atoms with Gasteiger partial charge in [0.2, 0.25) is 0 Å². The highest BCUT2D eigenvalue weighted by Crippen LogP contribution is 2.12. The second-order valence-corrected chi connectivity index (χ2v) is 6.97. The van der Waals surface area contributed by atoms with Gasteiger partial charge in [-0.1, -0.05) is 54.6 Å². The second kappa shape index (κ2) is 10.7. The van der Waals surface area contributed by atoms with E-state index in [2.05, 4.69) is 10.6 Å². The molecule has 2 N–H and O–H groups in total. The minimum Gasteiger partial charge on any atom is -0.497 e. The Balaban J connectivity index is 1.46. The number of ether oxygens (including phenoxy) is 1. The van der Waals surface area contributed by atoms with Gasteiger partial charge in [-0.2, -0.15) is 0 Å². The number of hydrogen-bond acceptors (Lipinski definition) is 4. The molecule has 0 spiro atoms. The van der Waals surface area contributed by atoms with Crippen LogP contribution in [0, 0.1) is 0 Å². The van der Waals surface area contributed by atoms with Crippen LogP contribution in [0.4, 0.5) is 4.79 Å². The monoisotopic (exact) mass is 416 g/mol. The number of urea groups is 1. The van der Waals surface area contributed by atoms with Crippen LogP contribution in [0.3, 0.4) is 0 Å². The number of nitrogens with one attached hydrogen (secondary N) is 2. The maximum absolute atomic E-state index is 12.4. The van der Waals surface area contributed by atoms with Crippen LogP contribution in [-0.4, -0.2) is 31.4 Å². The number of carbonyl (C=O) groups excluding carboxylic acids is 3. The minimum absolute atomic E-state index is 0.0329. The SMILES string of the molecule is COc1ccc(CCNC(=O)NC(=O)c2ccc(C(=O)Cc3ccccc3)cc2)cc1. The van der Waals surface area contributed by atoms with Gasteiger partial charge in [-0.15, -0.1) is 0 Å². The summed E-state index contributed by atoms with van der Waals surface area (Å²) in [7, 11) is 1.61. The lowest BCUT2D eigenvalue weighted by Crippen LogP contribution is -2.40. The van der Waals surface area contributed by atoms with Gasteiger partial charge in [-0.05, 0) is 41.8 Å². The normalized spacial score (nSPS) is 10.2. The molecule has 0 radical (unpaired) electrons. The molecule has 0 atom stereocenters. The van der Waals surface area contributed by atoms with Gasteiger partial charge >= 0.3 is 6.03 Å². The molecule has 6 heteroatoms. The molecule has 0 unspecified atom stereocenters. The first-order chi connectivity index (χ1) is 15.0. The molecule has 0 saturated heterocycles. The lowest BCUT2D eigenvalue weighted by atomic mass is 10.0. The van der Waals surface area contributed by atoms with E-state index in [1.54, 1.807) is 19.2 Å². The van der Waals surface area contributed by atoms with Crippen LogP contribution < -0.4 is 15.4 Å². The fourth-order valence-electron chi connectivity index (χ4n) is 3.02. The number of rotatable bonds is 8. The Labute approximate surface area is 181 Å². The molecule has 0 aromatic heterocycles. The van der Waals surface area contributed by atoms with E-state index >= 15 is 0 Å². The molecule has 3 amide bonds. The summed E-state index contributed by atoms with van der Waals surface area (Å²) in [4.78, 5) is 36.6. The number of Topliss-reactive ketones (excluding diaryl/α,β-unsaturated/α-hetero) is 1. The van der Waals surface area contributed by atoms with Crippen LogP contribution in [0.1, 0.15) is 31.8 Å². The number of hydrogen-bond donors (Lipinski definition) is 2. The fourth-order valence-corrected chi connectivity index (χ4v) is 3.02. The fraction of sp³-hybridized carbons (Fsp3) is 0.160. The largest absolute Gasteiger partial charge is 0.497 e. The lowest BCUT2D eigenvalue weighted by molar-refractivity contribution is 0.0959. The topological polar surface area (TPSA) is 84.5 Å². The molecule has 3 rings (SSSR count). The zero-order chi connectivity index (χ0) is 22.1. The third-order valence-electron chi connectivity index (χ3n) is 4.76. The van der Waals surface area contributed by atoms with Gasteiger partial charge in [-0.25, -0.2) is 4.79 Å². The number of imide groups is 1. The van der Waals surface area contributed by atoms with E-state index in [0.717, 1.165) is 16.9 Å². The van der Waals surface area contributed by atoms with Crippen molar-refractivity contribution in [2.75, 3.05) is 13.7 Å². The van der Waals surface area contributed by atoms with Gasteiger partial charge in [0, 0.05) is 24.1 Å². The highest BCUT2D eigenvalue weighted by atomic mass is 16.5. The van der Waals surface area contributed by atoms with Crippen LogP contribution in [-0.2, 0) is 12.8 Å². The molecule has 6 nitrogen and oxygen atoms in total. The second-order valence-electron chi connectivity index (χ2n) is 6.97. The third-order valence-corrected chi connectivity index (χ3v) is 4.76. The van der Waals surface area contributed by atoms with Crippen molar-refractivity contribution in [1.29, 1.82) is 0 Å². The number of ketones is 1. The predicted molar refractivity (Wildman–Crippen MR) is 118 cm³/mol. The molecule has 0 aliphatic heterocycles. The quantitative estimate of drug-likeness (QED) is 0.547. The molecule has 158 valence electrons. The zero-order valence-corrected chi connectivity index (χ0v) is 17.3. The van der Waals surface area contributed by atoms with Gasteiger partial charge < -0.3 is 10.1 Å². The molecule has 3 aromatic carbocycles. The van der Waals surface area contributed by atoms with Crippen molar-refractivity contribution in [1.82, 2.24) is 10.6 Å². The molecule has 31 heavy (non-hydrogen) atoms. The standard InChI is InChI=1S/C25H24N2O4/c1-31-22-13-7-18(8-14-22)15-16-26-25(30)27-24(29)21-11-9-20(10-12-21)23(28)17-19-5-3-2-4-6-19/h2-14H,15-17H2,1H3,(H2,26,27,29,30). The van der Waals surface area contributed by atoms with E-state index in [-0.39, 0.29) is 5.78 Å². The van der Waals surface area contributed by atoms with Crippen molar-refractivity contribution >= 4 is 17.7 Å². The van der Waals surface area contributed by atoms with Crippen LogP contribution in [0.15, 0.2) is 78.9 Å². The maximum Gasteiger partial charge on any atom is 0.321 e. The molecule has 0 saturated carbocycles. The van der Waals surface area contributed by atoms with Crippen molar-refractivity contribution in [3.8, 4) is 5.75 Å². The van der Waals surface area contributed by atoms with Crippen LogP contribution in [0.2, 0.25) is 0 Å². The molecule has 0 aliphatic carbocycles. The summed E-state index contributed by atoms with van der Waals surface area (Å²) in [5, 5.41) is 4.96. The minimum atomic E-state index is -0.567. The summed E-state index contributed by atoms with van der Waals surface area (Å²) in [6.07, 6.45) is 0.923. The van der Waals surface area contributed by atoms with Crippen LogP contribution >= 0.6 is 0 Å². The molecule has 0 bridgehead atoms. The number of amides is 3. The third kappa shape index (κ3) is 6.54. The summed E-state index contributed by atoms with van der Waals surface area (Å²) >= 11 is 0. The van der Waals surface area contributed by atoms with Crippen molar-refractivity contribution in [3.05, 3.63) is 101 Å². The van der Waals surface area contributed by atoms with Crippen LogP contribution in [0.25, 0.3) is 0 Å². The Hall–Kier alpha value is -3.93. The van der Waals surface area contributed by atoms with E-state index in [1.807, 2.05) is 54.6 Å². The number of benzene rings is 3. The Bertz CT molecular complexity index is 1030. The first-order valence-corrected chi connectivity index (χ1v) is 9.94. The van der Waals surface area contributed by atoms with E-state index in [9.17, 15) is 14.4 Å². The highest BCUT2D eigenvalue weighted by molar-refractivity contribution is 6.05. The van der Waals surface area contributed by atoms with Crippen molar-refractivity contribution < 1.29 is 19.1 Å². The van der Waals surface area contributed by atoms with E-state index in [1.165, 1.54) is 12.1 Å². The average Bonchev–Trinajstić information content (AvgIpc) is 2.80. The smallest absolute Gasteiger partial charge is 0.321 e. The molecular formula is C25H24N2O4. The van der Waals surface area contributed by atoms with Gasteiger partial charge in [0.05, 0.1) is 7.11 Å². The van der Waals surface area contributed by atoms with Crippen molar-refractivity contribution in [2.45, 2.75) is 12.8 Å². The van der Waals surface area contributed by atoms with Crippen molar-refractivity contribution in [3.63, 3.8) is 0 Å². The van der Waals surface area contributed by atoms with Gasteiger partial charge in [0.1, 0.15) is 5.75 Å². The molecule has 3 aromatic rings. The molecule has 0 fully saturated rings.